The van der Waals surface area contributed by atoms with Crippen molar-refractivity contribution in [2.45, 2.75) is 50.0 Å². The number of piperidine rings is 1. The van der Waals surface area contributed by atoms with Crippen LogP contribution in [-0.4, -0.2) is 23.4 Å². The molecule has 1 aliphatic heterocycles. The van der Waals surface area contributed by atoms with Crippen LogP contribution in [0.15, 0.2) is 30.3 Å². The van der Waals surface area contributed by atoms with E-state index in [2.05, 4.69) is 29.2 Å². The summed E-state index contributed by atoms with van der Waals surface area (Å²) in [4.78, 5) is 15.1. The number of hydrogen-bond donors (Lipinski definition) is 0. The lowest BCUT2D eigenvalue weighted by molar-refractivity contribution is -0.133. The zero-order valence-corrected chi connectivity index (χ0v) is 11.3. The molecule has 2 atom stereocenters. The molecule has 2 heteroatoms. The Bertz CT molecular complexity index is 491. The first kappa shape index (κ1) is 11.5. The van der Waals surface area contributed by atoms with Crippen LogP contribution in [0.25, 0.3) is 0 Å². The highest BCUT2D eigenvalue weighted by Crippen LogP contribution is 2.60. The van der Waals surface area contributed by atoms with E-state index in [9.17, 15) is 4.79 Å². The van der Waals surface area contributed by atoms with E-state index in [-0.39, 0.29) is 5.41 Å². The van der Waals surface area contributed by atoms with Crippen molar-refractivity contribution in [1.82, 2.24) is 4.90 Å². The van der Waals surface area contributed by atoms with Crippen molar-refractivity contribution in [3.8, 4) is 0 Å². The standard InChI is InChI=1S/C17H21NO/c19-16-17(13-7-3-1-4-8-13)11-14(17)12-18(16)15-9-5-2-6-10-15/h1,3-4,7-8,14-15H,2,5-6,9-12H2/t14-,17+/m1/s1. The van der Waals surface area contributed by atoms with Gasteiger partial charge in [-0.2, -0.15) is 0 Å². The Labute approximate surface area is 114 Å². The Morgan fingerprint density at radius 2 is 1.79 bits per heavy atom. The minimum Gasteiger partial charge on any atom is -0.339 e. The van der Waals surface area contributed by atoms with Gasteiger partial charge in [-0.05, 0) is 30.7 Å². The maximum atomic E-state index is 12.9. The summed E-state index contributed by atoms with van der Waals surface area (Å²) in [5.41, 5.74) is 1.13. The minimum atomic E-state index is -0.126. The maximum Gasteiger partial charge on any atom is 0.233 e. The Morgan fingerprint density at radius 3 is 2.53 bits per heavy atom. The number of fused-ring (bicyclic) bond motifs is 1. The summed E-state index contributed by atoms with van der Waals surface area (Å²) in [5, 5.41) is 0. The fourth-order valence-corrected chi connectivity index (χ4v) is 4.31. The van der Waals surface area contributed by atoms with Crippen LogP contribution < -0.4 is 0 Å². The molecule has 19 heavy (non-hydrogen) atoms. The zero-order valence-electron chi connectivity index (χ0n) is 11.3. The van der Waals surface area contributed by atoms with Gasteiger partial charge in [-0.15, -0.1) is 0 Å². The molecule has 2 aliphatic carbocycles. The molecule has 1 aromatic rings. The van der Waals surface area contributed by atoms with Gasteiger partial charge in [-0.25, -0.2) is 0 Å². The molecule has 3 aliphatic rings. The summed E-state index contributed by atoms with van der Waals surface area (Å²) < 4.78 is 0. The largest absolute Gasteiger partial charge is 0.339 e. The number of hydrogen-bond acceptors (Lipinski definition) is 1. The van der Waals surface area contributed by atoms with E-state index in [1.165, 1.54) is 37.7 Å². The van der Waals surface area contributed by atoms with E-state index in [0.29, 0.717) is 17.9 Å². The molecule has 0 spiro atoms. The van der Waals surface area contributed by atoms with Crippen LogP contribution >= 0.6 is 0 Å². The van der Waals surface area contributed by atoms with Gasteiger partial charge in [0.1, 0.15) is 0 Å². The van der Waals surface area contributed by atoms with Gasteiger partial charge < -0.3 is 4.90 Å². The van der Waals surface area contributed by atoms with Crippen molar-refractivity contribution in [1.29, 1.82) is 0 Å². The third-order valence-electron chi connectivity index (χ3n) is 5.47. The summed E-state index contributed by atoms with van der Waals surface area (Å²) in [7, 11) is 0. The third kappa shape index (κ3) is 1.58. The summed E-state index contributed by atoms with van der Waals surface area (Å²) in [6, 6.07) is 11.0. The average Bonchev–Trinajstić information content (AvgIpc) is 3.15. The zero-order chi connectivity index (χ0) is 12.9. The average molecular weight is 255 g/mol. The van der Waals surface area contributed by atoms with E-state index in [1.54, 1.807) is 0 Å². The van der Waals surface area contributed by atoms with Crippen LogP contribution in [0.5, 0.6) is 0 Å². The highest BCUT2D eigenvalue weighted by atomic mass is 16.2. The molecule has 1 saturated heterocycles. The second-order valence-electron chi connectivity index (χ2n) is 6.49. The predicted octanol–water partition coefficient (Wildman–Crippen LogP) is 3.12. The number of rotatable bonds is 2. The van der Waals surface area contributed by atoms with E-state index in [0.717, 1.165) is 13.0 Å². The van der Waals surface area contributed by atoms with Gasteiger partial charge in [0.05, 0.1) is 5.41 Å². The van der Waals surface area contributed by atoms with Crippen LogP contribution in [0.3, 0.4) is 0 Å². The molecule has 3 fully saturated rings. The third-order valence-corrected chi connectivity index (χ3v) is 5.47. The molecule has 4 rings (SSSR count). The first-order valence-electron chi connectivity index (χ1n) is 7.69. The topological polar surface area (TPSA) is 20.3 Å². The first-order chi connectivity index (χ1) is 9.32. The monoisotopic (exact) mass is 255 g/mol. The highest BCUT2D eigenvalue weighted by Gasteiger charge is 2.67. The van der Waals surface area contributed by atoms with Crippen molar-refractivity contribution in [2.75, 3.05) is 6.54 Å². The SMILES string of the molecule is O=C1N(C2CCCCC2)C[C@H]2C[C@@]12c1ccccc1. The number of carbonyl (C=O) groups is 1. The number of nitrogens with zero attached hydrogens (tertiary/aromatic N) is 1. The molecule has 0 aromatic heterocycles. The van der Waals surface area contributed by atoms with Crippen molar-refractivity contribution in [3.63, 3.8) is 0 Å². The van der Waals surface area contributed by atoms with Gasteiger partial charge >= 0.3 is 0 Å². The number of carbonyl (C=O) groups excluding carboxylic acids is 1. The molecular weight excluding hydrogens is 234 g/mol. The number of benzene rings is 1. The Balaban J connectivity index is 1.60. The molecule has 0 radical (unpaired) electrons. The minimum absolute atomic E-state index is 0.126. The molecule has 2 nitrogen and oxygen atoms in total. The molecule has 2 saturated carbocycles. The summed E-state index contributed by atoms with van der Waals surface area (Å²) in [5.74, 6) is 1.01. The summed E-state index contributed by atoms with van der Waals surface area (Å²) in [6.07, 6.45) is 7.49. The normalized spacial score (nSPS) is 34.4. The lowest BCUT2D eigenvalue weighted by atomic mass is 9.92. The second-order valence-corrected chi connectivity index (χ2v) is 6.49. The lowest BCUT2D eigenvalue weighted by Crippen LogP contribution is -2.42. The van der Waals surface area contributed by atoms with Crippen molar-refractivity contribution in [3.05, 3.63) is 35.9 Å². The van der Waals surface area contributed by atoms with Crippen molar-refractivity contribution >= 4 is 5.91 Å². The molecule has 1 heterocycles. The molecule has 1 aromatic carbocycles. The summed E-state index contributed by atoms with van der Waals surface area (Å²) in [6.45, 7) is 1.01. The fourth-order valence-electron chi connectivity index (χ4n) is 4.31. The Kier molecular flexibility index (Phi) is 2.48. The quantitative estimate of drug-likeness (QED) is 0.795. The molecule has 0 bridgehead atoms. The van der Waals surface area contributed by atoms with Crippen LogP contribution in [0, 0.1) is 5.92 Å². The maximum absolute atomic E-state index is 12.9. The number of likely N-dealkylation sites (tertiary alicyclic amines) is 1. The van der Waals surface area contributed by atoms with E-state index >= 15 is 0 Å². The molecule has 0 N–H and O–H groups in total. The smallest absolute Gasteiger partial charge is 0.233 e. The van der Waals surface area contributed by atoms with Crippen molar-refractivity contribution < 1.29 is 4.79 Å². The predicted molar refractivity (Wildman–Crippen MR) is 74.8 cm³/mol. The van der Waals surface area contributed by atoms with Crippen LogP contribution in [-0.2, 0) is 10.2 Å². The van der Waals surface area contributed by atoms with Gasteiger partial charge in [0.15, 0.2) is 0 Å². The van der Waals surface area contributed by atoms with Crippen LogP contribution in [0.2, 0.25) is 0 Å². The molecule has 0 unspecified atom stereocenters. The van der Waals surface area contributed by atoms with Gasteiger partial charge in [-0.1, -0.05) is 49.6 Å². The Hall–Kier alpha value is -1.31. The van der Waals surface area contributed by atoms with Gasteiger partial charge in [-0.3, -0.25) is 4.79 Å². The second kappa shape index (κ2) is 4.09. The summed E-state index contributed by atoms with van der Waals surface area (Å²) >= 11 is 0. The van der Waals surface area contributed by atoms with E-state index in [4.69, 9.17) is 0 Å². The first-order valence-corrected chi connectivity index (χ1v) is 7.69. The Morgan fingerprint density at radius 1 is 1.05 bits per heavy atom. The van der Waals surface area contributed by atoms with Crippen molar-refractivity contribution in [2.24, 2.45) is 5.92 Å². The van der Waals surface area contributed by atoms with E-state index in [1.807, 2.05) is 6.07 Å². The van der Waals surface area contributed by atoms with Gasteiger partial charge in [0.25, 0.3) is 0 Å². The molecule has 1 amide bonds. The number of amides is 1. The lowest BCUT2D eigenvalue weighted by Gasteiger charge is -2.33. The van der Waals surface area contributed by atoms with E-state index < -0.39 is 0 Å². The van der Waals surface area contributed by atoms with Crippen LogP contribution in [0.1, 0.15) is 44.1 Å². The molecular formula is C17H21NO. The molecule has 100 valence electrons. The fraction of sp³-hybridized carbons (Fsp3) is 0.588. The van der Waals surface area contributed by atoms with Crippen LogP contribution in [0.4, 0.5) is 0 Å². The highest BCUT2D eigenvalue weighted by molar-refractivity contribution is 5.95. The van der Waals surface area contributed by atoms with Gasteiger partial charge in [0.2, 0.25) is 5.91 Å². The van der Waals surface area contributed by atoms with Gasteiger partial charge in [0, 0.05) is 12.6 Å².